The molecule has 0 aliphatic heterocycles. The molecule has 0 rings (SSSR count). The van der Waals surface area contributed by atoms with Gasteiger partial charge in [0.2, 0.25) is 0 Å². The Morgan fingerprint density at radius 3 is 2.60 bits per heavy atom. The lowest BCUT2D eigenvalue weighted by atomic mass is 10.0. The Kier molecular flexibility index (Phi) is 4.91. The molecule has 0 saturated carbocycles. The van der Waals surface area contributed by atoms with Crippen molar-refractivity contribution in [2.24, 2.45) is 5.92 Å². The van der Waals surface area contributed by atoms with Gasteiger partial charge < -0.3 is 5.11 Å². The SMILES string of the molecule is CCC(C)CC(=C=O)CO. The van der Waals surface area contributed by atoms with E-state index in [0.29, 0.717) is 17.9 Å². The molecule has 1 atom stereocenters. The van der Waals surface area contributed by atoms with Crippen molar-refractivity contribution in [3.63, 3.8) is 0 Å². The molecule has 58 valence electrons. The maximum atomic E-state index is 10.1. The molecule has 2 heteroatoms. The monoisotopic (exact) mass is 142 g/mol. The van der Waals surface area contributed by atoms with Crippen LogP contribution in [0.15, 0.2) is 5.57 Å². The highest BCUT2D eigenvalue weighted by molar-refractivity contribution is 5.52. The highest BCUT2D eigenvalue weighted by Crippen LogP contribution is 2.11. The minimum absolute atomic E-state index is 0.145. The molecule has 0 fully saturated rings. The summed E-state index contributed by atoms with van der Waals surface area (Å²) in [4.78, 5) is 10.1. The Bertz CT molecular complexity index is 134. The second-order valence-electron chi connectivity index (χ2n) is 2.58. The standard InChI is InChI=1S/C8H14O2/c1-3-7(2)4-8(5-9)6-10/h7,9H,3-5H2,1-2H3. The van der Waals surface area contributed by atoms with Gasteiger partial charge in [0.05, 0.1) is 6.61 Å². The zero-order chi connectivity index (χ0) is 7.98. The van der Waals surface area contributed by atoms with E-state index in [9.17, 15) is 4.79 Å². The Balaban J connectivity index is 3.75. The first kappa shape index (κ1) is 9.41. The van der Waals surface area contributed by atoms with E-state index in [0.717, 1.165) is 6.42 Å². The van der Waals surface area contributed by atoms with Gasteiger partial charge in [-0.1, -0.05) is 20.3 Å². The first-order chi connectivity index (χ1) is 4.74. The van der Waals surface area contributed by atoms with Crippen molar-refractivity contribution in [3.8, 4) is 0 Å². The molecule has 0 aromatic rings. The van der Waals surface area contributed by atoms with E-state index in [1.54, 1.807) is 5.94 Å². The lowest BCUT2D eigenvalue weighted by Crippen LogP contribution is -1.99. The van der Waals surface area contributed by atoms with E-state index in [2.05, 4.69) is 6.92 Å². The summed E-state index contributed by atoms with van der Waals surface area (Å²) in [5.41, 5.74) is 0.481. The van der Waals surface area contributed by atoms with Crippen LogP contribution in [0.4, 0.5) is 0 Å². The third-order valence-corrected chi connectivity index (χ3v) is 1.63. The van der Waals surface area contributed by atoms with E-state index < -0.39 is 0 Å². The lowest BCUT2D eigenvalue weighted by molar-refractivity contribution is 0.321. The van der Waals surface area contributed by atoms with Gasteiger partial charge in [-0.25, -0.2) is 4.79 Å². The molecule has 0 amide bonds. The van der Waals surface area contributed by atoms with Crippen LogP contribution < -0.4 is 0 Å². The molecular weight excluding hydrogens is 128 g/mol. The molecule has 0 aliphatic rings. The van der Waals surface area contributed by atoms with Gasteiger partial charge in [-0.15, -0.1) is 0 Å². The van der Waals surface area contributed by atoms with Crippen LogP contribution in [-0.2, 0) is 4.79 Å². The number of hydrogen-bond donors (Lipinski definition) is 1. The van der Waals surface area contributed by atoms with Gasteiger partial charge >= 0.3 is 0 Å². The van der Waals surface area contributed by atoms with Gasteiger partial charge in [0, 0.05) is 5.57 Å². The van der Waals surface area contributed by atoms with Crippen LogP contribution in [0.1, 0.15) is 26.7 Å². The van der Waals surface area contributed by atoms with E-state index in [1.807, 2.05) is 6.92 Å². The quantitative estimate of drug-likeness (QED) is 0.598. The number of carbonyl (C=O) groups excluding carboxylic acids is 1. The molecule has 0 radical (unpaired) electrons. The number of hydrogen-bond acceptors (Lipinski definition) is 2. The molecule has 0 spiro atoms. The molecule has 0 saturated heterocycles. The molecule has 1 N–H and O–H groups in total. The zero-order valence-electron chi connectivity index (χ0n) is 6.55. The van der Waals surface area contributed by atoms with Crippen LogP contribution in [0.2, 0.25) is 0 Å². The molecular formula is C8H14O2. The third kappa shape index (κ3) is 3.44. The van der Waals surface area contributed by atoms with Crippen LogP contribution in [0.5, 0.6) is 0 Å². The molecule has 10 heavy (non-hydrogen) atoms. The molecule has 0 heterocycles. The maximum absolute atomic E-state index is 10.1. The minimum atomic E-state index is -0.145. The van der Waals surface area contributed by atoms with Gasteiger partial charge in [-0.05, 0) is 12.3 Å². The average molecular weight is 142 g/mol. The van der Waals surface area contributed by atoms with E-state index in [1.165, 1.54) is 0 Å². The van der Waals surface area contributed by atoms with Crippen molar-refractivity contribution in [3.05, 3.63) is 5.57 Å². The van der Waals surface area contributed by atoms with Gasteiger partial charge in [-0.2, -0.15) is 0 Å². The lowest BCUT2D eigenvalue weighted by Gasteiger charge is -2.05. The summed E-state index contributed by atoms with van der Waals surface area (Å²) >= 11 is 0. The largest absolute Gasteiger partial charge is 0.391 e. The normalized spacial score (nSPS) is 12.3. The summed E-state index contributed by atoms with van der Waals surface area (Å²) in [5.74, 6) is 2.21. The van der Waals surface area contributed by atoms with E-state index in [4.69, 9.17) is 5.11 Å². The van der Waals surface area contributed by atoms with Crippen molar-refractivity contribution in [1.29, 1.82) is 0 Å². The third-order valence-electron chi connectivity index (χ3n) is 1.63. The molecule has 2 nitrogen and oxygen atoms in total. The Morgan fingerprint density at radius 1 is 1.70 bits per heavy atom. The molecule has 0 aromatic carbocycles. The Hall–Kier alpha value is -0.590. The second kappa shape index (κ2) is 5.21. The van der Waals surface area contributed by atoms with E-state index in [-0.39, 0.29) is 6.61 Å². The topological polar surface area (TPSA) is 37.3 Å². The van der Waals surface area contributed by atoms with Gasteiger partial charge in [0.15, 0.2) is 0 Å². The summed E-state index contributed by atoms with van der Waals surface area (Å²) < 4.78 is 0. The fraction of sp³-hybridized carbons (Fsp3) is 0.750. The van der Waals surface area contributed by atoms with Crippen molar-refractivity contribution in [2.75, 3.05) is 6.61 Å². The predicted molar refractivity (Wildman–Crippen MR) is 40.4 cm³/mol. The predicted octanol–water partition coefficient (Wildman–Crippen LogP) is 1.17. The van der Waals surface area contributed by atoms with Crippen LogP contribution >= 0.6 is 0 Å². The highest BCUT2D eigenvalue weighted by Gasteiger charge is 2.02. The number of rotatable bonds is 4. The summed E-state index contributed by atoms with van der Waals surface area (Å²) in [6.07, 6.45) is 1.71. The fourth-order valence-corrected chi connectivity index (χ4v) is 0.703. The second-order valence-corrected chi connectivity index (χ2v) is 2.58. The van der Waals surface area contributed by atoms with E-state index >= 15 is 0 Å². The molecule has 0 aliphatic carbocycles. The van der Waals surface area contributed by atoms with Gasteiger partial charge in [0.1, 0.15) is 5.94 Å². The van der Waals surface area contributed by atoms with Crippen LogP contribution in [0, 0.1) is 5.92 Å². The zero-order valence-corrected chi connectivity index (χ0v) is 6.55. The van der Waals surface area contributed by atoms with Crippen LogP contribution in [0.3, 0.4) is 0 Å². The summed E-state index contributed by atoms with van der Waals surface area (Å²) in [7, 11) is 0. The number of aliphatic hydroxyl groups is 1. The Labute approximate surface area is 61.6 Å². The molecule has 0 aromatic heterocycles. The Morgan fingerprint density at radius 2 is 2.30 bits per heavy atom. The van der Waals surface area contributed by atoms with Gasteiger partial charge in [-0.3, -0.25) is 0 Å². The summed E-state index contributed by atoms with van der Waals surface area (Å²) in [5, 5.41) is 8.57. The molecule has 1 unspecified atom stereocenters. The van der Waals surface area contributed by atoms with Gasteiger partial charge in [0.25, 0.3) is 0 Å². The van der Waals surface area contributed by atoms with Crippen LogP contribution in [0.25, 0.3) is 0 Å². The first-order valence-corrected chi connectivity index (χ1v) is 3.58. The first-order valence-electron chi connectivity index (χ1n) is 3.58. The summed E-state index contributed by atoms with van der Waals surface area (Å²) in [6, 6.07) is 0. The highest BCUT2D eigenvalue weighted by atomic mass is 16.3. The average Bonchev–Trinajstić information content (AvgIpc) is 1.99. The molecule has 0 bridgehead atoms. The minimum Gasteiger partial charge on any atom is -0.391 e. The van der Waals surface area contributed by atoms with Crippen LogP contribution in [-0.4, -0.2) is 17.7 Å². The van der Waals surface area contributed by atoms with Crippen molar-refractivity contribution >= 4 is 5.94 Å². The summed E-state index contributed by atoms with van der Waals surface area (Å²) in [6.45, 7) is 3.96. The van der Waals surface area contributed by atoms with Crippen molar-refractivity contribution < 1.29 is 9.90 Å². The van der Waals surface area contributed by atoms with Crippen molar-refractivity contribution in [1.82, 2.24) is 0 Å². The maximum Gasteiger partial charge on any atom is 0.125 e. The van der Waals surface area contributed by atoms with Crippen molar-refractivity contribution in [2.45, 2.75) is 26.7 Å². The smallest absolute Gasteiger partial charge is 0.125 e. The fourth-order valence-electron chi connectivity index (χ4n) is 0.703. The number of aliphatic hydroxyl groups excluding tert-OH is 1.